The highest BCUT2D eigenvalue weighted by molar-refractivity contribution is 7.98. The van der Waals surface area contributed by atoms with Gasteiger partial charge in [-0.25, -0.2) is 4.39 Å². The standard InChI is InChI=1S/C16H16ClFN2OS/c1-10(19-12-4-3-5-13(9-12)22-2)16(21)20-15-7-6-11(18)8-14(15)17/h3-10,19H,1-2H3,(H,20,21)/t10-/m1/s1. The molecule has 0 saturated heterocycles. The molecule has 2 N–H and O–H groups in total. The highest BCUT2D eigenvalue weighted by atomic mass is 35.5. The number of rotatable bonds is 5. The van der Waals surface area contributed by atoms with Crippen LogP contribution in [0, 0.1) is 5.82 Å². The molecule has 0 radical (unpaired) electrons. The van der Waals surface area contributed by atoms with Crippen LogP contribution in [0.15, 0.2) is 47.4 Å². The van der Waals surface area contributed by atoms with Crippen LogP contribution in [0.25, 0.3) is 0 Å². The van der Waals surface area contributed by atoms with Gasteiger partial charge in [0.1, 0.15) is 11.9 Å². The number of anilines is 2. The first-order valence-corrected chi connectivity index (χ1v) is 8.26. The molecule has 2 aromatic carbocycles. The fourth-order valence-electron chi connectivity index (χ4n) is 1.86. The van der Waals surface area contributed by atoms with Gasteiger partial charge >= 0.3 is 0 Å². The molecule has 3 nitrogen and oxygen atoms in total. The Kier molecular flexibility index (Phi) is 5.69. The van der Waals surface area contributed by atoms with E-state index in [1.54, 1.807) is 18.7 Å². The third-order valence-corrected chi connectivity index (χ3v) is 4.07. The van der Waals surface area contributed by atoms with Crippen LogP contribution < -0.4 is 10.6 Å². The molecule has 0 aliphatic carbocycles. The normalized spacial score (nSPS) is 11.8. The Morgan fingerprint density at radius 3 is 2.73 bits per heavy atom. The van der Waals surface area contributed by atoms with E-state index in [1.807, 2.05) is 30.5 Å². The lowest BCUT2D eigenvalue weighted by Gasteiger charge is -2.16. The number of thioether (sulfide) groups is 1. The number of hydrogen-bond donors (Lipinski definition) is 2. The van der Waals surface area contributed by atoms with Crippen LogP contribution in [0.2, 0.25) is 5.02 Å². The van der Waals surface area contributed by atoms with Crippen molar-refractivity contribution in [3.8, 4) is 0 Å². The van der Waals surface area contributed by atoms with Gasteiger partial charge in [-0.1, -0.05) is 17.7 Å². The van der Waals surface area contributed by atoms with E-state index in [0.29, 0.717) is 5.69 Å². The zero-order valence-corrected chi connectivity index (χ0v) is 13.8. The highest BCUT2D eigenvalue weighted by Gasteiger charge is 2.14. The van der Waals surface area contributed by atoms with Crippen LogP contribution in [0.3, 0.4) is 0 Å². The number of hydrogen-bond acceptors (Lipinski definition) is 3. The van der Waals surface area contributed by atoms with E-state index in [1.165, 1.54) is 12.1 Å². The fourth-order valence-corrected chi connectivity index (χ4v) is 2.53. The predicted molar refractivity (Wildman–Crippen MR) is 91.3 cm³/mol. The second kappa shape index (κ2) is 7.51. The molecule has 0 fully saturated rings. The Balaban J connectivity index is 2.02. The highest BCUT2D eigenvalue weighted by Crippen LogP contribution is 2.23. The number of benzene rings is 2. The maximum Gasteiger partial charge on any atom is 0.246 e. The van der Waals surface area contributed by atoms with Crippen molar-refractivity contribution in [2.75, 3.05) is 16.9 Å². The summed E-state index contributed by atoms with van der Waals surface area (Å²) in [6, 6.07) is 11.2. The number of carbonyl (C=O) groups is 1. The molecule has 0 heterocycles. The van der Waals surface area contributed by atoms with Crippen LogP contribution >= 0.6 is 23.4 Å². The molecule has 0 aliphatic rings. The van der Waals surface area contributed by atoms with Gasteiger partial charge in [0, 0.05) is 10.6 Å². The van der Waals surface area contributed by atoms with E-state index in [2.05, 4.69) is 10.6 Å². The Morgan fingerprint density at radius 2 is 2.05 bits per heavy atom. The number of amides is 1. The van der Waals surface area contributed by atoms with Crippen LogP contribution in [-0.4, -0.2) is 18.2 Å². The van der Waals surface area contributed by atoms with Crippen molar-refractivity contribution in [1.82, 2.24) is 0 Å². The summed E-state index contributed by atoms with van der Waals surface area (Å²) in [4.78, 5) is 13.3. The van der Waals surface area contributed by atoms with Gasteiger partial charge in [-0.05, 0) is 49.6 Å². The quantitative estimate of drug-likeness (QED) is 0.780. The molecule has 2 aromatic rings. The second-order valence-corrected chi connectivity index (χ2v) is 6.00. The van der Waals surface area contributed by atoms with Crippen molar-refractivity contribution in [3.05, 3.63) is 53.3 Å². The fraction of sp³-hybridized carbons (Fsp3) is 0.188. The summed E-state index contributed by atoms with van der Waals surface area (Å²) in [7, 11) is 0. The van der Waals surface area contributed by atoms with Gasteiger partial charge in [0.05, 0.1) is 10.7 Å². The summed E-state index contributed by atoms with van der Waals surface area (Å²) in [6.45, 7) is 1.75. The molecule has 6 heteroatoms. The van der Waals surface area contributed by atoms with Gasteiger partial charge < -0.3 is 10.6 Å². The number of carbonyl (C=O) groups excluding carboxylic acids is 1. The van der Waals surface area contributed by atoms with Crippen molar-refractivity contribution in [2.45, 2.75) is 17.9 Å². The lowest BCUT2D eigenvalue weighted by molar-refractivity contribution is -0.116. The molecule has 116 valence electrons. The minimum atomic E-state index is -0.460. The van der Waals surface area contributed by atoms with Gasteiger partial charge in [-0.2, -0.15) is 0 Å². The molecule has 0 aliphatic heterocycles. The van der Waals surface area contributed by atoms with Gasteiger partial charge in [-0.3, -0.25) is 4.79 Å². The Hall–Kier alpha value is -1.72. The molecule has 1 atom stereocenters. The molecule has 0 bridgehead atoms. The second-order valence-electron chi connectivity index (χ2n) is 4.71. The molecule has 1 amide bonds. The molecule has 0 spiro atoms. The zero-order valence-electron chi connectivity index (χ0n) is 12.2. The summed E-state index contributed by atoms with van der Waals surface area (Å²) in [5, 5.41) is 5.98. The van der Waals surface area contributed by atoms with Gasteiger partial charge in [0.25, 0.3) is 0 Å². The summed E-state index contributed by atoms with van der Waals surface area (Å²) < 4.78 is 13.0. The largest absolute Gasteiger partial charge is 0.374 e. The maximum absolute atomic E-state index is 13.0. The summed E-state index contributed by atoms with van der Waals surface area (Å²) in [5.41, 5.74) is 1.25. The molecular weight excluding hydrogens is 323 g/mol. The average Bonchev–Trinajstić information content (AvgIpc) is 2.50. The molecular formula is C16H16ClFN2OS. The lowest BCUT2D eigenvalue weighted by atomic mass is 10.2. The minimum absolute atomic E-state index is 0.171. The first-order chi connectivity index (χ1) is 10.5. The van der Waals surface area contributed by atoms with E-state index in [9.17, 15) is 9.18 Å². The van der Waals surface area contributed by atoms with E-state index < -0.39 is 11.9 Å². The van der Waals surface area contributed by atoms with Gasteiger partial charge in [-0.15, -0.1) is 11.8 Å². The van der Waals surface area contributed by atoms with Crippen LogP contribution in [0.1, 0.15) is 6.92 Å². The van der Waals surface area contributed by atoms with Crippen molar-refractivity contribution >= 4 is 40.6 Å². The van der Waals surface area contributed by atoms with Crippen LogP contribution in [0.5, 0.6) is 0 Å². The van der Waals surface area contributed by atoms with E-state index in [0.717, 1.165) is 16.6 Å². The SMILES string of the molecule is CSc1cccc(N[C@H](C)C(=O)Nc2ccc(F)cc2Cl)c1. The minimum Gasteiger partial charge on any atom is -0.374 e. The molecule has 0 saturated carbocycles. The van der Waals surface area contributed by atoms with Crippen molar-refractivity contribution in [1.29, 1.82) is 0 Å². The Labute approximate surface area is 138 Å². The smallest absolute Gasteiger partial charge is 0.246 e. The average molecular weight is 339 g/mol. The molecule has 2 rings (SSSR count). The van der Waals surface area contributed by atoms with E-state index in [-0.39, 0.29) is 10.9 Å². The van der Waals surface area contributed by atoms with Gasteiger partial charge in [0.2, 0.25) is 5.91 Å². The third-order valence-electron chi connectivity index (χ3n) is 3.04. The Bertz CT molecular complexity index is 681. The monoisotopic (exact) mass is 338 g/mol. The Morgan fingerprint density at radius 1 is 1.27 bits per heavy atom. The first-order valence-electron chi connectivity index (χ1n) is 6.66. The number of halogens is 2. The topological polar surface area (TPSA) is 41.1 Å². The predicted octanol–water partition coefficient (Wildman–Crippen LogP) is 4.64. The van der Waals surface area contributed by atoms with Crippen molar-refractivity contribution < 1.29 is 9.18 Å². The summed E-state index contributed by atoms with van der Waals surface area (Å²) in [6.07, 6.45) is 1.99. The maximum atomic E-state index is 13.0. The third kappa shape index (κ3) is 4.39. The summed E-state index contributed by atoms with van der Waals surface area (Å²) >= 11 is 7.53. The van der Waals surface area contributed by atoms with Crippen LogP contribution in [0.4, 0.5) is 15.8 Å². The zero-order chi connectivity index (χ0) is 16.1. The van der Waals surface area contributed by atoms with Gasteiger partial charge in [0.15, 0.2) is 0 Å². The first kappa shape index (κ1) is 16.6. The van der Waals surface area contributed by atoms with Crippen molar-refractivity contribution in [2.24, 2.45) is 0 Å². The number of nitrogens with one attached hydrogen (secondary N) is 2. The molecule has 0 unspecified atom stereocenters. The lowest BCUT2D eigenvalue weighted by Crippen LogP contribution is -2.31. The van der Waals surface area contributed by atoms with E-state index in [4.69, 9.17) is 11.6 Å². The molecule has 0 aromatic heterocycles. The van der Waals surface area contributed by atoms with E-state index >= 15 is 0 Å². The summed E-state index contributed by atoms with van der Waals surface area (Å²) in [5.74, 6) is -0.689. The molecule has 22 heavy (non-hydrogen) atoms. The van der Waals surface area contributed by atoms with Crippen LogP contribution in [-0.2, 0) is 4.79 Å². The van der Waals surface area contributed by atoms with Crippen molar-refractivity contribution in [3.63, 3.8) is 0 Å².